The Balaban J connectivity index is 2.02. The summed E-state index contributed by atoms with van der Waals surface area (Å²) in [7, 11) is 1.65. The summed E-state index contributed by atoms with van der Waals surface area (Å²) >= 11 is 0. The molecule has 0 saturated carbocycles. The first-order valence-electron chi connectivity index (χ1n) is 5.35. The molecule has 1 aromatic carbocycles. The minimum absolute atomic E-state index is 0.676. The van der Waals surface area contributed by atoms with Crippen LogP contribution in [0, 0.1) is 0 Å². The summed E-state index contributed by atoms with van der Waals surface area (Å²) in [6, 6.07) is 9.69. The van der Waals surface area contributed by atoms with Crippen molar-refractivity contribution in [3.63, 3.8) is 0 Å². The van der Waals surface area contributed by atoms with E-state index in [1.807, 2.05) is 30.3 Å². The third-order valence-electron chi connectivity index (χ3n) is 2.38. The normalized spacial score (nSPS) is 9.94. The summed E-state index contributed by atoms with van der Waals surface area (Å²) in [5.41, 5.74) is 8.39. The lowest BCUT2D eigenvalue weighted by atomic mass is 10.2. The van der Waals surface area contributed by atoms with E-state index in [2.05, 4.69) is 10.3 Å². The van der Waals surface area contributed by atoms with E-state index in [-0.39, 0.29) is 0 Å². The molecule has 17 heavy (non-hydrogen) atoms. The summed E-state index contributed by atoms with van der Waals surface area (Å²) in [4.78, 5) is 4.04. The van der Waals surface area contributed by atoms with Crippen molar-refractivity contribution in [1.29, 1.82) is 0 Å². The summed E-state index contributed by atoms with van der Waals surface area (Å²) < 4.78 is 5.15. The Morgan fingerprint density at radius 3 is 2.94 bits per heavy atom. The lowest BCUT2D eigenvalue weighted by Gasteiger charge is -2.08. The van der Waals surface area contributed by atoms with Gasteiger partial charge in [-0.25, -0.2) is 0 Å². The number of nitrogens with one attached hydrogen (secondary N) is 1. The van der Waals surface area contributed by atoms with E-state index in [0.29, 0.717) is 12.2 Å². The molecule has 2 aromatic rings. The van der Waals surface area contributed by atoms with Crippen molar-refractivity contribution in [1.82, 2.24) is 4.98 Å². The lowest BCUT2D eigenvalue weighted by molar-refractivity contribution is 0.415. The van der Waals surface area contributed by atoms with Crippen molar-refractivity contribution >= 4 is 11.4 Å². The van der Waals surface area contributed by atoms with Crippen LogP contribution in [0.3, 0.4) is 0 Å². The van der Waals surface area contributed by atoms with Crippen molar-refractivity contribution in [2.24, 2.45) is 0 Å². The fourth-order valence-electron chi connectivity index (χ4n) is 1.54. The average Bonchev–Trinajstić information content (AvgIpc) is 2.37. The van der Waals surface area contributed by atoms with Gasteiger partial charge < -0.3 is 15.8 Å². The molecule has 0 bridgehead atoms. The second-order valence-corrected chi connectivity index (χ2v) is 3.71. The van der Waals surface area contributed by atoms with E-state index in [4.69, 9.17) is 10.5 Å². The summed E-state index contributed by atoms with van der Waals surface area (Å²) in [5.74, 6) is 0.834. The number of nitrogens with two attached hydrogens (primary N) is 1. The van der Waals surface area contributed by atoms with Crippen LogP contribution in [0.1, 0.15) is 5.56 Å². The Hall–Kier alpha value is -2.23. The molecule has 0 aliphatic heterocycles. The van der Waals surface area contributed by atoms with Gasteiger partial charge in [-0.2, -0.15) is 0 Å². The maximum absolute atomic E-state index is 5.66. The van der Waals surface area contributed by atoms with Gasteiger partial charge in [0.2, 0.25) is 0 Å². The van der Waals surface area contributed by atoms with E-state index in [1.165, 1.54) is 0 Å². The summed E-state index contributed by atoms with van der Waals surface area (Å²) in [5, 5.41) is 3.29. The smallest absolute Gasteiger partial charge is 0.120 e. The Morgan fingerprint density at radius 2 is 2.18 bits per heavy atom. The second kappa shape index (κ2) is 5.21. The average molecular weight is 229 g/mol. The molecule has 0 aliphatic rings. The highest BCUT2D eigenvalue weighted by Gasteiger charge is 1.97. The highest BCUT2D eigenvalue weighted by atomic mass is 16.5. The molecule has 1 heterocycles. The van der Waals surface area contributed by atoms with Crippen LogP contribution >= 0.6 is 0 Å². The minimum atomic E-state index is 0.676. The molecule has 4 heteroatoms. The number of ether oxygens (including phenoxy) is 1. The van der Waals surface area contributed by atoms with E-state index < -0.39 is 0 Å². The minimum Gasteiger partial charge on any atom is -0.497 e. The molecule has 4 nitrogen and oxygen atoms in total. The van der Waals surface area contributed by atoms with Crippen molar-refractivity contribution < 1.29 is 4.74 Å². The molecular weight excluding hydrogens is 214 g/mol. The van der Waals surface area contributed by atoms with Crippen LogP contribution in [-0.2, 0) is 6.54 Å². The van der Waals surface area contributed by atoms with Gasteiger partial charge in [-0.05, 0) is 23.8 Å². The number of benzene rings is 1. The van der Waals surface area contributed by atoms with Gasteiger partial charge in [0, 0.05) is 30.7 Å². The number of aromatic nitrogens is 1. The lowest BCUT2D eigenvalue weighted by Crippen LogP contribution is -2.01. The number of hydrogen-bond donors (Lipinski definition) is 2. The second-order valence-electron chi connectivity index (χ2n) is 3.71. The van der Waals surface area contributed by atoms with Crippen LogP contribution in [0.25, 0.3) is 0 Å². The number of hydrogen-bond acceptors (Lipinski definition) is 4. The molecule has 0 unspecified atom stereocenters. The maximum Gasteiger partial charge on any atom is 0.120 e. The molecule has 0 atom stereocenters. The summed E-state index contributed by atoms with van der Waals surface area (Å²) in [6.07, 6.45) is 3.43. The third kappa shape index (κ3) is 3.11. The first-order chi connectivity index (χ1) is 8.28. The highest BCUT2D eigenvalue weighted by molar-refractivity contribution is 5.49. The van der Waals surface area contributed by atoms with Gasteiger partial charge >= 0.3 is 0 Å². The van der Waals surface area contributed by atoms with Gasteiger partial charge in [0.25, 0.3) is 0 Å². The largest absolute Gasteiger partial charge is 0.497 e. The van der Waals surface area contributed by atoms with E-state index >= 15 is 0 Å². The number of methoxy groups -OCH3 is 1. The third-order valence-corrected chi connectivity index (χ3v) is 2.38. The molecule has 1 aromatic heterocycles. The SMILES string of the molecule is COc1cccc(NCc2cncc(N)c2)c1. The van der Waals surface area contributed by atoms with Gasteiger partial charge in [-0.3, -0.25) is 4.98 Å². The molecule has 0 amide bonds. The van der Waals surface area contributed by atoms with Gasteiger partial charge in [0.15, 0.2) is 0 Å². The molecular formula is C13H15N3O. The van der Waals surface area contributed by atoms with Crippen LogP contribution in [0.2, 0.25) is 0 Å². The number of nitrogens with zero attached hydrogens (tertiary/aromatic N) is 1. The van der Waals surface area contributed by atoms with E-state index in [1.54, 1.807) is 19.5 Å². The van der Waals surface area contributed by atoms with Crippen molar-refractivity contribution in [2.45, 2.75) is 6.54 Å². The summed E-state index contributed by atoms with van der Waals surface area (Å²) in [6.45, 7) is 0.686. The predicted molar refractivity (Wildman–Crippen MR) is 69.0 cm³/mol. The van der Waals surface area contributed by atoms with Crippen LogP contribution in [0.4, 0.5) is 11.4 Å². The zero-order chi connectivity index (χ0) is 12.1. The number of nitrogen functional groups attached to an aromatic ring is 1. The van der Waals surface area contributed by atoms with E-state index in [9.17, 15) is 0 Å². The molecule has 0 saturated heterocycles. The Bertz CT molecular complexity index is 500. The first-order valence-corrected chi connectivity index (χ1v) is 5.35. The van der Waals surface area contributed by atoms with Crippen molar-refractivity contribution in [2.75, 3.05) is 18.2 Å². The topological polar surface area (TPSA) is 60.2 Å². The zero-order valence-electron chi connectivity index (χ0n) is 9.68. The number of rotatable bonds is 4. The van der Waals surface area contributed by atoms with Gasteiger partial charge in [-0.15, -0.1) is 0 Å². The van der Waals surface area contributed by atoms with Crippen LogP contribution < -0.4 is 15.8 Å². The maximum atomic E-state index is 5.66. The first kappa shape index (κ1) is 11.3. The van der Waals surface area contributed by atoms with Crippen LogP contribution in [0.15, 0.2) is 42.7 Å². The number of anilines is 2. The molecule has 3 N–H and O–H groups in total. The predicted octanol–water partition coefficient (Wildman–Crippen LogP) is 2.28. The fourth-order valence-corrected chi connectivity index (χ4v) is 1.54. The van der Waals surface area contributed by atoms with Gasteiger partial charge in [0.05, 0.1) is 12.8 Å². The van der Waals surface area contributed by atoms with Crippen LogP contribution in [0.5, 0.6) is 5.75 Å². The molecule has 0 aliphatic carbocycles. The van der Waals surface area contributed by atoms with Crippen molar-refractivity contribution in [3.8, 4) is 5.75 Å². The molecule has 0 fully saturated rings. The Labute approximate surface area is 100 Å². The van der Waals surface area contributed by atoms with Gasteiger partial charge in [-0.1, -0.05) is 6.07 Å². The van der Waals surface area contributed by atoms with Gasteiger partial charge in [0.1, 0.15) is 5.75 Å². The molecule has 88 valence electrons. The molecule has 0 spiro atoms. The monoisotopic (exact) mass is 229 g/mol. The Kier molecular flexibility index (Phi) is 3.45. The molecule has 2 rings (SSSR count). The number of pyridine rings is 1. The van der Waals surface area contributed by atoms with E-state index in [0.717, 1.165) is 17.0 Å². The Morgan fingerprint density at radius 1 is 1.29 bits per heavy atom. The fraction of sp³-hybridized carbons (Fsp3) is 0.154. The standard InChI is InChI=1S/C13H15N3O/c1-17-13-4-2-3-12(6-13)16-8-10-5-11(14)9-15-7-10/h2-7,9,16H,8,14H2,1H3. The highest BCUT2D eigenvalue weighted by Crippen LogP contribution is 2.17. The van der Waals surface area contributed by atoms with Crippen LogP contribution in [-0.4, -0.2) is 12.1 Å². The quantitative estimate of drug-likeness (QED) is 0.844. The molecule has 0 radical (unpaired) electrons. The van der Waals surface area contributed by atoms with Crippen molar-refractivity contribution in [3.05, 3.63) is 48.3 Å². The zero-order valence-corrected chi connectivity index (χ0v) is 9.68.